The van der Waals surface area contributed by atoms with Crippen molar-refractivity contribution in [2.24, 2.45) is 0 Å². The zero-order chi connectivity index (χ0) is 28.4. The molecule has 0 radical (unpaired) electrons. The lowest BCUT2D eigenvalue weighted by molar-refractivity contribution is -0.120. The van der Waals surface area contributed by atoms with Crippen LogP contribution in [0.4, 0.5) is 10.1 Å². The van der Waals surface area contributed by atoms with Crippen molar-refractivity contribution in [3.63, 3.8) is 0 Å². The molecule has 1 atom stereocenters. The Kier molecular flexibility index (Phi) is 9.41. The van der Waals surface area contributed by atoms with Crippen LogP contribution in [0, 0.1) is 5.82 Å². The lowest BCUT2D eigenvalue weighted by Crippen LogP contribution is -2.46. The van der Waals surface area contributed by atoms with Gasteiger partial charge in [0.25, 0.3) is 5.91 Å². The van der Waals surface area contributed by atoms with E-state index < -0.39 is 33.4 Å². The summed E-state index contributed by atoms with van der Waals surface area (Å²) in [6.45, 7) is 7.36. The fraction of sp³-hybridized carbons (Fsp3) is 0.462. The van der Waals surface area contributed by atoms with Gasteiger partial charge in [0.15, 0.2) is 0 Å². The first-order chi connectivity index (χ1) is 17.6. The second-order valence-electron chi connectivity index (χ2n) is 10.2. The third-order valence-corrected chi connectivity index (χ3v) is 8.99. The van der Waals surface area contributed by atoms with E-state index in [1.165, 1.54) is 33.3 Å². The molecule has 8 nitrogen and oxygen atoms in total. The van der Waals surface area contributed by atoms with E-state index in [0.29, 0.717) is 14.8 Å². The van der Waals surface area contributed by atoms with Crippen molar-refractivity contribution < 1.29 is 27.1 Å². The number of sulfonamides is 1. The zero-order valence-electron chi connectivity index (χ0n) is 22.3. The van der Waals surface area contributed by atoms with Gasteiger partial charge in [-0.15, -0.1) is 11.3 Å². The van der Waals surface area contributed by atoms with E-state index >= 15 is 4.39 Å². The molecular formula is C26H33ClFN3O5S2. The lowest BCUT2D eigenvalue weighted by atomic mass is 10.1. The maximum atomic E-state index is 15.0. The first-order valence-electron chi connectivity index (χ1n) is 12.0. The number of hydrogen-bond acceptors (Lipinski definition) is 6. The van der Waals surface area contributed by atoms with Gasteiger partial charge < -0.3 is 14.5 Å². The van der Waals surface area contributed by atoms with Crippen LogP contribution in [-0.2, 0) is 19.6 Å². The van der Waals surface area contributed by atoms with Crippen LogP contribution < -0.4 is 4.90 Å². The summed E-state index contributed by atoms with van der Waals surface area (Å²) in [5.74, 6) is -1.64. The quantitative estimate of drug-likeness (QED) is 0.420. The van der Waals surface area contributed by atoms with Crippen molar-refractivity contribution in [3.05, 3.63) is 56.3 Å². The fourth-order valence-corrected chi connectivity index (χ4v) is 6.74. The summed E-state index contributed by atoms with van der Waals surface area (Å²) < 4.78 is 49.6. The number of carbonyl (C=O) groups is 2. The van der Waals surface area contributed by atoms with Gasteiger partial charge in [0.2, 0.25) is 15.9 Å². The fourth-order valence-electron chi connectivity index (χ4n) is 4.07. The Hall–Kier alpha value is -2.31. The van der Waals surface area contributed by atoms with E-state index in [2.05, 4.69) is 0 Å². The highest BCUT2D eigenvalue weighted by molar-refractivity contribution is 7.92. The van der Waals surface area contributed by atoms with Crippen LogP contribution in [0.25, 0.3) is 5.57 Å². The minimum atomic E-state index is -4.07. The largest absolute Gasteiger partial charge is 0.374 e. The van der Waals surface area contributed by atoms with Gasteiger partial charge >= 0.3 is 0 Å². The predicted octanol–water partition coefficient (Wildman–Crippen LogP) is 4.86. The van der Waals surface area contributed by atoms with Crippen LogP contribution in [0.15, 0.2) is 35.7 Å². The van der Waals surface area contributed by atoms with Crippen molar-refractivity contribution in [1.82, 2.24) is 9.21 Å². The summed E-state index contributed by atoms with van der Waals surface area (Å²) in [5.41, 5.74) is 0.127. The molecule has 1 aromatic heterocycles. The molecule has 0 unspecified atom stereocenters. The number of carbonyl (C=O) groups excluding carboxylic acids is 2. The molecule has 1 aromatic carbocycles. The molecule has 0 bridgehead atoms. The Morgan fingerprint density at radius 1 is 1.26 bits per heavy atom. The number of allylic oxidation sites excluding steroid dienone is 1. The highest BCUT2D eigenvalue weighted by atomic mass is 35.5. The molecule has 1 aliphatic heterocycles. The Morgan fingerprint density at radius 2 is 1.95 bits per heavy atom. The number of amides is 2. The molecule has 1 fully saturated rings. The standard InChI is InChI=1S/C26H33ClFN3O5S2/c1-17(22-9-10-23(27)37-22)16-38(34,35)31(13-14-36-26(2,3)4)21-11-12-30(25(21)33)20-8-7-18(15-19(20)28)24(32)29(5)6/h7-10,15-16,21H,11-14H2,1-6H3/t21-/m0/s1. The Bertz CT molecular complexity index is 1330. The topological polar surface area (TPSA) is 87.2 Å². The third kappa shape index (κ3) is 7.20. The molecule has 12 heteroatoms. The molecular weight excluding hydrogens is 553 g/mol. The van der Waals surface area contributed by atoms with Crippen molar-refractivity contribution in [1.29, 1.82) is 0 Å². The number of ether oxygens (including phenoxy) is 1. The monoisotopic (exact) mass is 585 g/mol. The first-order valence-corrected chi connectivity index (χ1v) is 14.7. The Morgan fingerprint density at radius 3 is 2.50 bits per heavy atom. The summed E-state index contributed by atoms with van der Waals surface area (Å²) in [6, 6.07) is 6.29. The van der Waals surface area contributed by atoms with Gasteiger partial charge in [0.05, 0.1) is 27.6 Å². The van der Waals surface area contributed by atoms with Crippen LogP contribution in [-0.4, -0.2) is 74.9 Å². The molecule has 3 rings (SSSR count). The van der Waals surface area contributed by atoms with Crippen molar-refractivity contribution in [2.75, 3.05) is 38.7 Å². The maximum absolute atomic E-state index is 15.0. The number of anilines is 1. The van der Waals surface area contributed by atoms with Crippen LogP contribution in [0.3, 0.4) is 0 Å². The van der Waals surface area contributed by atoms with Crippen LogP contribution in [0.1, 0.15) is 49.4 Å². The molecule has 2 amide bonds. The van der Waals surface area contributed by atoms with Crippen molar-refractivity contribution in [3.8, 4) is 0 Å². The normalized spacial score (nSPS) is 17.0. The minimum Gasteiger partial charge on any atom is -0.374 e. The maximum Gasteiger partial charge on any atom is 0.253 e. The lowest BCUT2D eigenvalue weighted by Gasteiger charge is -2.28. The summed E-state index contributed by atoms with van der Waals surface area (Å²) >= 11 is 7.27. The van der Waals surface area contributed by atoms with E-state index in [9.17, 15) is 18.0 Å². The molecule has 2 aromatic rings. The number of hydrogen-bond donors (Lipinski definition) is 0. The first kappa shape index (κ1) is 30.2. The third-order valence-electron chi connectivity index (χ3n) is 5.88. The van der Waals surface area contributed by atoms with Crippen molar-refractivity contribution >= 4 is 56.0 Å². The van der Waals surface area contributed by atoms with Gasteiger partial charge in [-0.1, -0.05) is 11.6 Å². The molecule has 208 valence electrons. The van der Waals surface area contributed by atoms with Gasteiger partial charge in [0.1, 0.15) is 11.9 Å². The van der Waals surface area contributed by atoms with Gasteiger partial charge in [-0.05, 0) is 70.0 Å². The second kappa shape index (κ2) is 11.8. The Balaban J connectivity index is 1.91. The molecule has 0 aliphatic carbocycles. The van der Waals surface area contributed by atoms with Gasteiger partial charge in [-0.25, -0.2) is 12.8 Å². The van der Waals surface area contributed by atoms with Gasteiger partial charge in [-0.3, -0.25) is 9.59 Å². The molecule has 1 aliphatic rings. The van der Waals surface area contributed by atoms with E-state index in [1.54, 1.807) is 33.2 Å². The Labute approximate surface area is 232 Å². The van der Waals surface area contributed by atoms with E-state index in [4.69, 9.17) is 16.3 Å². The van der Waals surface area contributed by atoms with E-state index in [1.807, 2.05) is 20.8 Å². The van der Waals surface area contributed by atoms with Crippen LogP contribution in [0.5, 0.6) is 0 Å². The summed E-state index contributed by atoms with van der Waals surface area (Å²) in [7, 11) is -0.955. The summed E-state index contributed by atoms with van der Waals surface area (Å²) in [5, 5.41) is 1.13. The number of benzene rings is 1. The van der Waals surface area contributed by atoms with Crippen LogP contribution >= 0.6 is 22.9 Å². The molecule has 2 heterocycles. The number of rotatable bonds is 9. The molecule has 0 N–H and O–H groups in total. The summed E-state index contributed by atoms with van der Waals surface area (Å²) in [6.07, 6.45) is 0.170. The molecule has 0 saturated carbocycles. The zero-order valence-corrected chi connectivity index (χ0v) is 24.7. The van der Waals surface area contributed by atoms with Crippen molar-refractivity contribution in [2.45, 2.75) is 45.8 Å². The number of nitrogens with zero attached hydrogens (tertiary/aromatic N) is 3. The highest BCUT2D eigenvalue weighted by Crippen LogP contribution is 2.32. The average molecular weight is 586 g/mol. The van der Waals surface area contributed by atoms with Crippen LogP contribution in [0.2, 0.25) is 4.34 Å². The average Bonchev–Trinajstić information content (AvgIpc) is 3.40. The summed E-state index contributed by atoms with van der Waals surface area (Å²) in [4.78, 5) is 28.9. The van der Waals surface area contributed by atoms with Gasteiger partial charge in [-0.2, -0.15) is 4.31 Å². The highest BCUT2D eigenvalue weighted by Gasteiger charge is 2.42. The molecule has 38 heavy (non-hydrogen) atoms. The minimum absolute atomic E-state index is 0.00366. The molecule has 1 saturated heterocycles. The van der Waals surface area contributed by atoms with E-state index in [0.717, 1.165) is 15.8 Å². The van der Waals surface area contributed by atoms with E-state index in [-0.39, 0.29) is 43.3 Å². The number of halogens is 2. The molecule has 0 spiro atoms. The smallest absolute Gasteiger partial charge is 0.253 e. The second-order valence-corrected chi connectivity index (χ2v) is 13.6. The predicted molar refractivity (Wildman–Crippen MR) is 149 cm³/mol. The number of thiophene rings is 1. The SMILES string of the molecule is CC(=CS(=O)(=O)N(CCOC(C)(C)C)[C@H]1CCN(c2ccc(C(=O)N(C)C)cc2F)C1=O)c1ccc(Cl)s1. The van der Waals surface area contributed by atoms with Gasteiger partial charge in [0, 0.05) is 37.6 Å².